The molecule has 1 fully saturated rings. The van der Waals surface area contributed by atoms with Crippen LogP contribution in [0, 0.1) is 12.8 Å². The number of carbonyl (C=O) groups is 1. The molecule has 0 radical (unpaired) electrons. The Morgan fingerprint density at radius 3 is 2.75 bits per heavy atom. The second kappa shape index (κ2) is 6.39. The summed E-state index contributed by atoms with van der Waals surface area (Å²) in [6, 6.07) is 9.42. The minimum Gasteiger partial charge on any atom is -0.350 e. The van der Waals surface area contributed by atoms with E-state index in [4.69, 9.17) is 4.52 Å². The number of rotatable bonds is 5. The molecule has 1 aliphatic carbocycles. The lowest BCUT2D eigenvalue weighted by molar-refractivity contribution is 0.0859. The highest BCUT2D eigenvalue weighted by Gasteiger charge is 2.33. The molecular weight excluding hydrogens is 328 g/mol. The fraction of sp³-hybridized carbons (Fsp3) is 0.412. The SMILES string of the molecule is Cc1cccc(-c2cc(C(=O)NC3CC(CS(C)(=O)=O)C3)on2)c1. The molecular formula is C17H20N2O4S. The largest absolute Gasteiger partial charge is 0.350 e. The first kappa shape index (κ1) is 16.7. The standard InChI is InChI=1S/C17H20N2O4S/c1-11-4-3-5-13(6-11)15-9-16(23-19-15)17(20)18-14-7-12(8-14)10-24(2,21)22/h3-6,9,12,14H,7-8,10H2,1-2H3,(H,18,20). The van der Waals surface area contributed by atoms with Gasteiger partial charge in [-0.3, -0.25) is 4.79 Å². The molecule has 0 spiro atoms. The molecule has 128 valence electrons. The lowest BCUT2D eigenvalue weighted by Crippen LogP contribution is -2.46. The number of benzene rings is 1. The van der Waals surface area contributed by atoms with Crippen molar-refractivity contribution in [3.63, 3.8) is 0 Å². The number of aryl methyl sites for hydroxylation is 1. The van der Waals surface area contributed by atoms with Crippen LogP contribution >= 0.6 is 0 Å². The third kappa shape index (κ3) is 4.03. The maximum atomic E-state index is 12.2. The summed E-state index contributed by atoms with van der Waals surface area (Å²) in [5.41, 5.74) is 2.62. The van der Waals surface area contributed by atoms with Crippen LogP contribution in [0.2, 0.25) is 0 Å². The summed E-state index contributed by atoms with van der Waals surface area (Å²) < 4.78 is 27.6. The van der Waals surface area contributed by atoms with E-state index in [0.717, 1.165) is 11.1 Å². The minimum absolute atomic E-state index is 0.00299. The zero-order valence-corrected chi connectivity index (χ0v) is 14.5. The van der Waals surface area contributed by atoms with E-state index < -0.39 is 9.84 Å². The third-order valence-corrected chi connectivity index (χ3v) is 5.23. The maximum Gasteiger partial charge on any atom is 0.290 e. The van der Waals surface area contributed by atoms with Gasteiger partial charge in [0, 0.05) is 23.9 Å². The Bertz CT molecular complexity index is 851. The van der Waals surface area contributed by atoms with Gasteiger partial charge in [0.25, 0.3) is 5.91 Å². The van der Waals surface area contributed by atoms with Crippen molar-refractivity contribution in [2.24, 2.45) is 5.92 Å². The second-order valence-electron chi connectivity index (χ2n) is 6.55. The smallest absolute Gasteiger partial charge is 0.290 e. The Kier molecular flexibility index (Phi) is 4.45. The van der Waals surface area contributed by atoms with Gasteiger partial charge in [-0.05, 0) is 31.7 Å². The van der Waals surface area contributed by atoms with Gasteiger partial charge in [0.05, 0.1) is 5.75 Å². The molecule has 1 aromatic heterocycles. The number of hydrogen-bond acceptors (Lipinski definition) is 5. The lowest BCUT2D eigenvalue weighted by atomic mass is 9.81. The summed E-state index contributed by atoms with van der Waals surface area (Å²) in [5, 5.41) is 6.81. The first-order valence-electron chi connectivity index (χ1n) is 7.82. The van der Waals surface area contributed by atoms with E-state index in [1.807, 2.05) is 31.2 Å². The molecule has 2 aromatic rings. The number of sulfone groups is 1. The predicted octanol–water partition coefficient (Wildman–Crippen LogP) is 2.20. The molecule has 0 saturated heterocycles. The van der Waals surface area contributed by atoms with Crippen LogP contribution in [0.5, 0.6) is 0 Å². The molecule has 0 atom stereocenters. The van der Waals surface area contributed by atoms with Gasteiger partial charge < -0.3 is 9.84 Å². The van der Waals surface area contributed by atoms with E-state index in [0.29, 0.717) is 18.5 Å². The number of amides is 1. The summed E-state index contributed by atoms with van der Waals surface area (Å²) in [4.78, 5) is 12.2. The van der Waals surface area contributed by atoms with Gasteiger partial charge in [0.2, 0.25) is 5.76 Å². The predicted molar refractivity (Wildman–Crippen MR) is 90.4 cm³/mol. The summed E-state index contributed by atoms with van der Waals surface area (Å²) in [6.07, 6.45) is 2.59. The molecule has 1 N–H and O–H groups in total. The van der Waals surface area contributed by atoms with Crippen molar-refractivity contribution in [2.45, 2.75) is 25.8 Å². The fourth-order valence-electron chi connectivity index (χ4n) is 3.00. The maximum absolute atomic E-state index is 12.2. The van der Waals surface area contributed by atoms with Crippen molar-refractivity contribution in [3.05, 3.63) is 41.7 Å². The Morgan fingerprint density at radius 2 is 2.08 bits per heavy atom. The van der Waals surface area contributed by atoms with E-state index in [1.54, 1.807) is 6.07 Å². The Hall–Kier alpha value is -2.15. The quantitative estimate of drug-likeness (QED) is 0.895. The van der Waals surface area contributed by atoms with Crippen LogP contribution < -0.4 is 5.32 Å². The highest BCUT2D eigenvalue weighted by Crippen LogP contribution is 2.29. The van der Waals surface area contributed by atoms with E-state index >= 15 is 0 Å². The molecule has 0 unspecified atom stereocenters. The van der Waals surface area contributed by atoms with Gasteiger partial charge in [0.15, 0.2) is 0 Å². The van der Waals surface area contributed by atoms with Crippen LogP contribution in [-0.4, -0.2) is 37.5 Å². The normalized spacial score (nSPS) is 20.4. The van der Waals surface area contributed by atoms with E-state index in [-0.39, 0.29) is 29.4 Å². The number of aromatic nitrogens is 1. The Labute approximate surface area is 141 Å². The second-order valence-corrected chi connectivity index (χ2v) is 8.73. The molecule has 1 saturated carbocycles. The van der Waals surface area contributed by atoms with Gasteiger partial charge in [-0.15, -0.1) is 0 Å². The Morgan fingerprint density at radius 1 is 1.33 bits per heavy atom. The van der Waals surface area contributed by atoms with Gasteiger partial charge in [-0.2, -0.15) is 0 Å². The van der Waals surface area contributed by atoms with Crippen molar-refractivity contribution in [2.75, 3.05) is 12.0 Å². The van der Waals surface area contributed by atoms with Gasteiger partial charge >= 0.3 is 0 Å². The molecule has 7 heteroatoms. The lowest BCUT2D eigenvalue weighted by Gasteiger charge is -2.35. The molecule has 1 aliphatic rings. The van der Waals surface area contributed by atoms with Crippen molar-refractivity contribution < 1.29 is 17.7 Å². The topological polar surface area (TPSA) is 89.3 Å². The zero-order valence-electron chi connectivity index (χ0n) is 13.7. The van der Waals surface area contributed by atoms with Crippen LogP contribution in [-0.2, 0) is 9.84 Å². The van der Waals surface area contributed by atoms with Crippen LogP contribution in [0.15, 0.2) is 34.9 Å². The van der Waals surface area contributed by atoms with Crippen LogP contribution in [0.25, 0.3) is 11.3 Å². The number of carbonyl (C=O) groups excluding carboxylic acids is 1. The van der Waals surface area contributed by atoms with Crippen LogP contribution in [0.1, 0.15) is 29.0 Å². The first-order valence-corrected chi connectivity index (χ1v) is 9.88. The molecule has 0 aliphatic heterocycles. The molecule has 0 bridgehead atoms. The molecule has 3 rings (SSSR count). The van der Waals surface area contributed by atoms with Gasteiger partial charge in [-0.25, -0.2) is 8.42 Å². The average Bonchev–Trinajstić information content (AvgIpc) is 2.93. The molecule has 1 heterocycles. The van der Waals surface area contributed by atoms with Crippen molar-refractivity contribution >= 4 is 15.7 Å². The fourth-order valence-corrected chi connectivity index (χ4v) is 4.13. The molecule has 1 amide bonds. The monoisotopic (exact) mass is 348 g/mol. The summed E-state index contributed by atoms with van der Waals surface area (Å²) in [7, 11) is -2.96. The van der Waals surface area contributed by atoms with Crippen LogP contribution in [0.3, 0.4) is 0 Å². The minimum atomic E-state index is -2.96. The average molecular weight is 348 g/mol. The van der Waals surface area contributed by atoms with Crippen molar-refractivity contribution in [1.82, 2.24) is 10.5 Å². The Balaban J connectivity index is 1.57. The first-order chi connectivity index (χ1) is 11.3. The number of hydrogen-bond donors (Lipinski definition) is 1. The number of nitrogens with zero attached hydrogens (tertiary/aromatic N) is 1. The highest BCUT2D eigenvalue weighted by atomic mass is 32.2. The summed E-state index contributed by atoms with van der Waals surface area (Å²) in [6.45, 7) is 1.99. The number of nitrogens with one attached hydrogen (secondary N) is 1. The molecule has 24 heavy (non-hydrogen) atoms. The van der Waals surface area contributed by atoms with E-state index in [9.17, 15) is 13.2 Å². The molecule has 1 aromatic carbocycles. The molecule has 6 nitrogen and oxygen atoms in total. The van der Waals surface area contributed by atoms with E-state index in [2.05, 4.69) is 10.5 Å². The zero-order chi connectivity index (χ0) is 17.3. The van der Waals surface area contributed by atoms with Crippen LogP contribution in [0.4, 0.5) is 0 Å². The summed E-state index contributed by atoms with van der Waals surface area (Å²) in [5.74, 6) is 0.157. The van der Waals surface area contributed by atoms with Gasteiger partial charge in [0.1, 0.15) is 15.5 Å². The van der Waals surface area contributed by atoms with Crippen molar-refractivity contribution in [3.8, 4) is 11.3 Å². The van der Waals surface area contributed by atoms with E-state index in [1.165, 1.54) is 6.26 Å². The third-order valence-electron chi connectivity index (χ3n) is 4.16. The van der Waals surface area contributed by atoms with Crippen molar-refractivity contribution in [1.29, 1.82) is 0 Å². The van der Waals surface area contributed by atoms with Gasteiger partial charge in [-0.1, -0.05) is 28.9 Å². The highest BCUT2D eigenvalue weighted by molar-refractivity contribution is 7.90. The summed E-state index contributed by atoms with van der Waals surface area (Å²) >= 11 is 0.